The van der Waals surface area contributed by atoms with Gasteiger partial charge in [-0.3, -0.25) is 0 Å². The largest absolute Gasteiger partial charge is 0.496 e. The maximum atomic E-state index is 7.27. The summed E-state index contributed by atoms with van der Waals surface area (Å²) in [5.41, 5.74) is 2.86. The summed E-state index contributed by atoms with van der Waals surface area (Å²) < 4.78 is 12.2. The number of rotatable bonds is 1. The molecule has 1 saturated heterocycles. The van der Waals surface area contributed by atoms with Crippen molar-refractivity contribution in [3.63, 3.8) is 0 Å². The topological polar surface area (TPSA) is 38.6 Å². The van der Waals surface area contributed by atoms with Crippen LogP contribution in [-0.2, 0) is 9.31 Å². The summed E-state index contributed by atoms with van der Waals surface area (Å²) in [6.45, 7) is 17.4. The second-order valence-electron chi connectivity index (χ2n) is 6.63. The molecule has 0 bridgehead atoms. The predicted octanol–water partition coefficient (Wildman–Crippen LogP) is 3.33. The Morgan fingerprint density at radius 3 is 2.33 bits per heavy atom. The van der Waals surface area contributed by atoms with Gasteiger partial charge in [0.2, 0.25) is 0 Å². The molecule has 0 saturated carbocycles. The number of aromatic amines is 1. The number of fused-ring (bicyclic) bond motifs is 1. The van der Waals surface area contributed by atoms with Crippen molar-refractivity contribution in [2.45, 2.75) is 45.8 Å². The third-order valence-corrected chi connectivity index (χ3v) is 4.66. The molecule has 0 amide bonds. The van der Waals surface area contributed by atoms with Crippen molar-refractivity contribution < 1.29 is 9.31 Å². The van der Waals surface area contributed by atoms with Gasteiger partial charge in [0, 0.05) is 17.2 Å². The van der Waals surface area contributed by atoms with Crippen molar-refractivity contribution in [1.82, 2.24) is 4.98 Å². The van der Waals surface area contributed by atoms with Crippen molar-refractivity contribution in [2.24, 2.45) is 0 Å². The highest BCUT2D eigenvalue weighted by Gasteiger charge is 2.52. The van der Waals surface area contributed by atoms with E-state index in [0.29, 0.717) is 5.69 Å². The molecule has 0 unspecified atom stereocenters. The van der Waals surface area contributed by atoms with Crippen molar-refractivity contribution in [1.29, 1.82) is 0 Å². The molecule has 1 aromatic carbocycles. The smallest absolute Gasteiger partial charge is 0.399 e. The van der Waals surface area contributed by atoms with E-state index >= 15 is 0 Å². The lowest BCUT2D eigenvalue weighted by atomic mass is 9.79. The van der Waals surface area contributed by atoms with E-state index in [0.717, 1.165) is 21.9 Å². The highest BCUT2D eigenvalue weighted by molar-refractivity contribution is 6.65. The average molecular weight is 282 g/mol. The number of H-pyrrole nitrogens is 1. The van der Waals surface area contributed by atoms with Gasteiger partial charge in [-0.1, -0.05) is 0 Å². The molecule has 21 heavy (non-hydrogen) atoms. The van der Waals surface area contributed by atoms with Crippen LogP contribution in [0.2, 0.25) is 0 Å². The highest BCUT2D eigenvalue weighted by atomic mass is 16.7. The van der Waals surface area contributed by atoms with Gasteiger partial charge in [0.25, 0.3) is 0 Å². The van der Waals surface area contributed by atoms with Crippen molar-refractivity contribution in [3.8, 4) is 0 Å². The fraction of sp³-hybridized carbons (Fsp3) is 0.438. The summed E-state index contributed by atoms with van der Waals surface area (Å²) in [6.07, 6.45) is 1.92. The molecule has 108 valence electrons. The average Bonchev–Trinajstić information content (AvgIpc) is 2.87. The second-order valence-corrected chi connectivity index (χ2v) is 6.63. The lowest BCUT2D eigenvalue weighted by molar-refractivity contribution is 0.00578. The van der Waals surface area contributed by atoms with Gasteiger partial charge in [-0.05, 0) is 57.7 Å². The molecule has 4 nitrogen and oxygen atoms in total. The van der Waals surface area contributed by atoms with Crippen LogP contribution in [0.15, 0.2) is 18.3 Å². The minimum absolute atomic E-state index is 0.366. The zero-order chi connectivity index (χ0) is 15.4. The third kappa shape index (κ3) is 2.07. The Hall–Kier alpha value is -1.77. The van der Waals surface area contributed by atoms with Gasteiger partial charge >= 0.3 is 7.12 Å². The molecule has 0 aliphatic carbocycles. The summed E-state index contributed by atoms with van der Waals surface area (Å²) in [6, 6.07) is 3.91. The van der Waals surface area contributed by atoms with Crippen LogP contribution in [0.25, 0.3) is 15.7 Å². The van der Waals surface area contributed by atoms with Crippen LogP contribution in [-0.4, -0.2) is 23.3 Å². The molecule has 2 aromatic rings. The van der Waals surface area contributed by atoms with Crippen LogP contribution in [0.3, 0.4) is 0 Å². The van der Waals surface area contributed by atoms with Gasteiger partial charge in [-0.2, -0.15) is 0 Å². The van der Waals surface area contributed by atoms with E-state index in [4.69, 9.17) is 15.9 Å². The quantitative estimate of drug-likeness (QED) is 0.643. The first-order valence-electron chi connectivity index (χ1n) is 7.10. The van der Waals surface area contributed by atoms with E-state index in [1.807, 2.05) is 52.9 Å². The third-order valence-electron chi connectivity index (χ3n) is 4.66. The monoisotopic (exact) mass is 282 g/mol. The van der Waals surface area contributed by atoms with Crippen molar-refractivity contribution >= 4 is 29.2 Å². The molecule has 1 aliphatic rings. The summed E-state index contributed by atoms with van der Waals surface area (Å²) in [5, 5.41) is 0.991. The first kappa shape index (κ1) is 14.2. The highest BCUT2D eigenvalue weighted by Crippen LogP contribution is 2.37. The van der Waals surface area contributed by atoms with E-state index < -0.39 is 7.12 Å². The number of hydrogen-bond acceptors (Lipinski definition) is 2. The van der Waals surface area contributed by atoms with Gasteiger partial charge in [0.1, 0.15) is 0 Å². The molecule has 0 atom stereocenters. The molecule has 1 fully saturated rings. The number of nitrogens with one attached hydrogen (secondary N) is 1. The SMILES string of the molecule is [C-]#[N+]c1cc2c(B3OC(C)(C)C(C)(C)O3)c[nH]c2cc1C. The van der Waals surface area contributed by atoms with Crippen molar-refractivity contribution in [3.05, 3.63) is 35.3 Å². The van der Waals surface area contributed by atoms with Crippen LogP contribution in [0.1, 0.15) is 33.3 Å². The molecule has 2 heterocycles. The van der Waals surface area contributed by atoms with E-state index in [2.05, 4.69) is 9.83 Å². The zero-order valence-electron chi connectivity index (χ0n) is 13.1. The van der Waals surface area contributed by atoms with Gasteiger partial charge in [0.05, 0.1) is 17.8 Å². The fourth-order valence-corrected chi connectivity index (χ4v) is 2.57. The molecular formula is C16H19BN2O2. The Kier molecular flexibility index (Phi) is 2.95. The maximum Gasteiger partial charge on any atom is 0.496 e. The standard InChI is InChI=1S/C16H19BN2O2/c1-10-7-14-11(8-13(10)18-6)12(9-19-14)17-20-15(2,3)16(4,5)21-17/h7-9,19H,1-5H3. The summed E-state index contributed by atoms with van der Waals surface area (Å²) in [4.78, 5) is 6.83. The van der Waals surface area contributed by atoms with Gasteiger partial charge in [-0.25, -0.2) is 4.85 Å². The molecular weight excluding hydrogens is 263 g/mol. The Bertz CT molecular complexity index is 739. The number of nitrogens with zero attached hydrogens (tertiary/aromatic N) is 1. The minimum atomic E-state index is -0.412. The molecule has 1 N–H and O–H groups in total. The zero-order valence-corrected chi connectivity index (χ0v) is 13.1. The first-order valence-corrected chi connectivity index (χ1v) is 7.10. The second kappa shape index (κ2) is 4.36. The lowest BCUT2D eigenvalue weighted by Crippen LogP contribution is -2.41. The molecule has 0 radical (unpaired) electrons. The summed E-state index contributed by atoms with van der Waals surface area (Å²) >= 11 is 0. The Balaban J connectivity index is 2.09. The lowest BCUT2D eigenvalue weighted by Gasteiger charge is -2.32. The molecule has 1 aliphatic heterocycles. The van der Waals surface area contributed by atoms with Crippen LogP contribution in [0, 0.1) is 13.5 Å². The Labute approximate surface area is 125 Å². The first-order chi connectivity index (χ1) is 9.75. The van der Waals surface area contributed by atoms with Crippen LogP contribution in [0.4, 0.5) is 5.69 Å². The maximum absolute atomic E-state index is 7.27. The number of aromatic nitrogens is 1. The Morgan fingerprint density at radius 1 is 1.14 bits per heavy atom. The number of benzene rings is 1. The van der Waals surface area contributed by atoms with E-state index in [1.54, 1.807) is 0 Å². The predicted molar refractivity (Wildman–Crippen MR) is 85.0 cm³/mol. The molecule has 1 aromatic heterocycles. The van der Waals surface area contributed by atoms with E-state index in [9.17, 15) is 0 Å². The number of aryl methyl sites for hydroxylation is 1. The molecule has 3 rings (SSSR count). The van der Waals surface area contributed by atoms with Crippen LogP contribution >= 0.6 is 0 Å². The minimum Gasteiger partial charge on any atom is -0.399 e. The van der Waals surface area contributed by atoms with Gasteiger partial charge in [-0.15, -0.1) is 0 Å². The molecule has 0 spiro atoms. The fourth-order valence-electron chi connectivity index (χ4n) is 2.57. The number of hydrogen-bond donors (Lipinski definition) is 1. The summed E-state index contributed by atoms with van der Waals surface area (Å²) in [7, 11) is -0.412. The van der Waals surface area contributed by atoms with E-state index in [1.165, 1.54) is 0 Å². The van der Waals surface area contributed by atoms with Crippen molar-refractivity contribution in [2.75, 3.05) is 0 Å². The van der Waals surface area contributed by atoms with Gasteiger partial charge in [0.15, 0.2) is 5.69 Å². The van der Waals surface area contributed by atoms with Crippen LogP contribution in [0.5, 0.6) is 0 Å². The van der Waals surface area contributed by atoms with Crippen LogP contribution < -0.4 is 5.46 Å². The normalized spacial score (nSPS) is 19.9. The Morgan fingerprint density at radius 2 is 1.76 bits per heavy atom. The summed E-state index contributed by atoms with van der Waals surface area (Å²) in [5.74, 6) is 0. The van der Waals surface area contributed by atoms with Gasteiger partial charge < -0.3 is 14.3 Å². The van der Waals surface area contributed by atoms with E-state index in [-0.39, 0.29) is 11.2 Å². The molecule has 5 heteroatoms.